The highest BCUT2D eigenvalue weighted by atomic mass is 35.5. The van der Waals surface area contributed by atoms with Crippen LogP contribution < -0.4 is 0 Å². The number of carbonyl (C=O) groups excluding carboxylic acids is 1. The van der Waals surface area contributed by atoms with Crippen molar-refractivity contribution in [1.29, 1.82) is 0 Å². The molecule has 0 amide bonds. The van der Waals surface area contributed by atoms with Crippen molar-refractivity contribution in [2.75, 3.05) is 0 Å². The van der Waals surface area contributed by atoms with Crippen LogP contribution in [-0.4, -0.2) is 12.1 Å². The third kappa shape index (κ3) is 6.99. The van der Waals surface area contributed by atoms with Crippen molar-refractivity contribution in [2.45, 2.75) is 65.4 Å². The smallest absolute Gasteiger partial charge is 0.338 e. The molecule has 0 unspecified atom stereocenters. The summed E-state index contributed by atoms with van der Waals surface area (Å²) < 4.78 is 5.49. The summed E-state index contributed by atoms with van der Waals surface area (Å²) in [6.45, 7) is 6.44. The fourth-order valence-electron chi connectivity index (χ4n) is 2.41. The molecule has 1 aromatic rings. The fraction of sp³-hybridized carbons (Fsp3) is 0.611. The molecule has 21 heavy (non-hydrogen) atoms. The zero-order valence-electron chi connectivity index (χ0n) is 13.4. The van der Waals surface area contributed by atoms with Crippen LogP contribution in [0.5, 0.6) is 0 Å². The number of esters is 1. The fourth-order valence-corrected chi connectivity index (χ4v) is 2.54. The van der Waals surface area contributed by atoms with Crippen molar-refractivity contribution in [1.82, 2.24) is 0 Å². The van der Waals surface area contributed by atoms with E-state index in [-0.39, 0.29) is 12.1 Å². The van der Waals surface area contributed by atoms with Crippen LogP contribution in [0, 0.1) is 5.92 Å². The summed E-state index contributed by atoms with van der Waals surface area (Å²) in [5.41, 5.74) is 0.560. The first-order valence-corrected chi connectivity index (χ1v) is 8.41. The maximum absolute atomic E-state index is 12.0. The van der Waals surface area contributed by atoms with E-state index in [2.05, 4.69) is 13.8 Å². The zero-order valence-corrected chi connectivity index (χ0v) is 14.2. The molecule has 0 heterocycles. The van der Waals surface area contributed by atoms with E-state index in [0.717, 1.165) is 18.8 Å². The minimum absolute atomic E-state index is 0.0381. The highest BCUT2D eigenvalue weighted by Gasteiger charge is 2.14. The van der Waals surface area contributed by atoms with E-state index in [1.165, 1.54) is 25.7 Å². The molecule has 0 bridgehead atoms. The minimum Gasteiger partial charge on any atom is -0.459 e. The summed E-state index contributed by atoms with van der Waals surface area (Å²) in [5.74, 6) is 0.488. The third-order valence-corrected chi connectivity index (χ3v) is 4.16. The predicted molar refractivity (Wildman–Crippen MR) is 88.9 cm³/mol. The molecule has 0 aliphatic heterocycles. The van der Waals surface area contributed by atoms with E-state index in [4.69, 9.17) is 16.3 Å². The first-order chi connectivity index (χ1) is 10.1. The average Bonchev–Trinajstić information content (AvgIpc) is 2.48. The van der Waals surface area contributed by atoms with Crippen LogP contribution in [0.1, 0.15) is 69.7 Å². The number of ether oxygens (including phenoxy) is 1. The van der Waals surface area contributed by atoms with Crippen LogP contribution in [0.15, 0.2) is 24.3 Å². The van der Waals surface area contributed by atoms with Crippen LogP contribution in [0.3, 0.4) is 0 Å². The SMILES string of the molecule is CCCC[C@@H](CC)CC[C@@H](C)OC(=O)c1ccc(Cl)cc1. The van der Waals surface area contributed by atoms with E-state index in [1.807, 2.05) is 6.92 Å². The second-order valence-corrected chi connectivity index (χ2v) is 6.15. The van der Waals surface area contributed by atoms with Gasteiger partial charge in [0.25, 0.3) is 0 Å². The van der Waals surface area contributed by atoms with E-state index >= 15 is 0 Å². The first kappa shape index (κ1) is 18.0. The van der Waals surface area contributed by atoms with Gasteiger partial charge in [0.2, 0.25) is 0 Å². The van der Waals surface area contributed by atoms with Gasteiger partial charge in [-0.15, -0.1) is 0 Å². The van der Waals surface area contributed by atoms with Gasteiger partial charge in [-0.25, -0.2) is 4.79 Å². The molecule has 0 saturated heterocycles. The molecule has 2 atom stereocenters. The summed E-state index contributed by atoms with van der Waals surface area (Å²) in [4.78, 5) is 12.0. The van der Waals surface area contributed by atoms with Gasteiger partial charge in [0.1, 0.15) is 0 Å². The minimum atomic E-state index is -0.263. The normalized spacial score (nSPS) is 13.7. The van der Waals surface area contributed by atoms with Gasteiger partial charge in [-0.3, -0.25) is 0 Å². The Balaban J connectivity index is 2.37. The summed E-state index contributed by atoms with van der Waals surface area (Å²) >= 11 is 5.81. The number of hydrogen-bond donors (Lipinski definition) is 0. The molecule has 0 aliphatic rings. The van der Waals surface area contributed by atoms with Gasteiger partial charge < -0.3 is 4.74 Å². The number of unbranched alkanes of at least 4 members (excludes halogenated alkanes) is 1. The van der Waals surface area contributed by atoms with Crippen LogP contribution >= 0.6 is 11.6 Å². The van der Waals surface area contributed by atoms with Crippen molar-refractivity contribution in [2.24, 2.45) is 5.92 Å². The molecule has 0 aromatic heterocycles. The monoisotopic (exact) mass is 310 g/mol. The number of benzene rings is 1. The highest BCUT2D eigenvalue weighted by Crippen LogP contribution is 2.20. The lowest BCUT2D eigenvalue weighted by atomic mass is 9.93. The first-order valence-electron chi connectivity index (χ1n) is 8.03. The summed E-state index contributed by atoms with van der Waals surface area (Å²) in [6.07, 6.45) is 7.05. The van der Waals surface area contributed by atoms with Gasteiger partial charge in [0.05, 0.1) is 11.7 Å². The average molecular weight is 311 g/mol. The second kappa shape index (κ2) is 9.83. The Kier molecular flexibility index (Phi) is 8.44. The van der Waals surface area contributed by atoms with Gasteiger partial charge in [-0.05, 0) is 49.9 Å². The quantitative estimate of drug-likeness (QED) is 0.532. The number of hydrogen-bond acceptors (Lipinski definition) is 2. The van der Waals surface area contributed by atoms with Gasteiger partial charge in [0.15, 0.2) is 0 Å². The topological polar surface area (TPSA) is 26.3 Å². The van der Waals surface area contributed by atoms with Gasteiger partial charge in [-0.1, -0.05) is 51.1 Å². The van der Waals surface area contributed by atoms with E-state index in [9.17, 15) is 4.79 Å². The van der Waals surface area contributed by atoms with Gasteiger partial charge in [-0.2, -0.15) is 0 Å². The van der Waals surface area contributed by atoms with Crippen molar-refractivity contribution in [3.8, 4) is 0 Å². The molecule has 0 fully saturated rings. The molecule has 118 valence electrons. The van der Waals surface area contributed by atoms with Crippen LogP contribution in [0.2, 0.25) is 5.02 Å². The van der Waals surface area contributed by atoms with Crippen molar-refractivity contribution in [3.05, 3.63) is 34.9 Å². The standard InChI is InChI=1S/C18H27ClO2/c1-4-6-7-15(5-2)9-8-14(3)21-18(20)16-10-12-17(19)13-11-16/h10-15H,4-9H2,1-3H3/t14-,15-/m1/s1. The van der Waals surface area contributed by atoms with E-state index in [0.29, 0.717) is 10.6 Å². The maximum Gasteiger partial charge on any atom is 0.338 e. The molecule has 0 radical (unpaired) electrons. The Hall–Kier alpha value is -1.02. The molecular weight excluding hydrogens is 284 g/mol. The molecule has 0 spiro atoms. The van der Waals surface area contributed by atoms with Gasteiger partial charge in [0, 0.05) is 5.02 Å². The largest absolute Gasteiger partial charge is 0.459 e. The Morgan fingerprint density at radius 2 is 1.81 bits per heavy atom. The molecule has 0 aliphatic carbocycles. The Morgan fingerprint density at radius 1 is 1.14 bits per heavy atom. The Bertz CT molecular complexity index is 414. The molecular formula is C18H27ClO2. The van der Waals surface area contributed by atoms with Crippen molar-refractivity contribution in [3.63, 3.8) is 0 Å². The Labute approximate surface area is 133 Å². The molecule has 1 aromatic carbocycles. The number of rotatable bonds is 9. The van der Waals surface area contributed by atoms with Crippen LogP contribution in [0.4, 0.5) is 0 Å². The maximum atomic E-state index is 12.0. The number of halogens is 1. The second-order valence-electron chi connectivity index (χ2n) is 5.72. The van der Waals surface area contributed by atoms with Crippen LogP contribution in [0.25, 0.3) is 0 Å². The van der Waals surface area contributed by atoms with Crippen molar-refractivity contribution >= 4 is 17.6 Å². The van der Waals surface area contributed by atoms with Crippen LogP contribution in [-0.2, 0) is 4.74 Å². The molecule has 2 nitrogen and oxygen atoms in total. The third-order valence-electron chi connectivity index (χ3n) is 3.91. The van der Waals surface area contributed by atoms with E-state index in [1.54, 1.807) is 24.3 Å². The molecule has 0 saturated carbocycles. The molecule has 3 heteroatoms. The highest BCUT2D eigenvalue weighted by molar-refractivity contribution is 6.30. The summed E-state index contributed by atoms with van der Waals surface area (Å²) in [6, 6.07) is 6.82. The van der Waals surface area contributed by atoms with E-state index < -0.39 is 0 Å². The predicted octanol–water partition coefficient (Wildman–Crippen LogP) is 5.88. The molecule has 0 N–H and O–H groups in total. The summed E-state index contributed by atoms with van der Waals surface area (Å²) in [7, 11) is 0. The Morgan fingerprint density at radius 3 is 2.38 bits per heavy atom. The number of carbonyl (C=O) groups is 1. The summed E-state index contributed by atoms with van der Waals surface area (Å²) in [5, 5.41) is 0.626. The van der Waals surface area contributed by atoms with Crippen molar-refractivity contribution < 1.29 is 9.53 Å². The van der Waals surface area contributed by atoms with Gasteiger partial charge >= 0.3 is 5.97 Å². The lowest BCUT2D eigenvalue weighted by molar-refractivity contribution is 0.0310. The lowest BCUT2D eigenvalue weighted by Crippen LogP contribution is -2.16. The zero-order chi connectivity index (χ0) is 15.7. The molecule has 1 rings (SSSR count). The lowest BCUT2D eigenvalue weighted by Gasteiger charge is -2.18.